The number of benzene rings is 1. The maximum atomic E-state index is 13.5. The lowest BCUT2D eigenvalue weighted by molar-refractivity contribution is 0.281. The van der Waals surface area contributed by atoms with Gasteiger partial charge in [0.25, 0.3) is 0 Å². The van der Waals surface area contributed by atoms with Gasteiger partial charge >= 0.3 is 0 Å². The third-order valence-corrected chi connectivity index (χ3v) is 2.50. The van der Waals surface area contributed by atoms with Gasteiger partial charge in [-0.15, -0.1) is 0 Å². The van der Waals surface area contributed by atoms with Crippen molar-refractivity contribution in [2.24, 2.45) is 0 Å². The van der Waals surface area contributed by atoms with Crippen LogP contribution in [0.4, 0.5) is 4.39 Å². The van der Waals surface area contributed by atoms with Crippen molar-refractivity contribution in [1.82, 2.24) is 0 Å². The highest BCUT2D eigenvalue weighted by Crippen LogP contribution is 2.23. The van der Waals surface area contributed by atoms with Gasteiger partial charge in [0, 0.05) is 0 Å². The predicted octanol–water partition coefficient (Wildman–Crippen LogP) is 3.22. The topological polar surface area (TPSA) is 20.2 Å². The Balaban J connectivity index is 2.88. The van der Waals surface area contributed by atoms with Crippen LogP contribution in [0.5, 0.6) is 0 Å². The van der Waals surface area contributed by atoms with Crippen LogP contribution in [0.1, 0.15) is 43.7 Å². The first kappa shape index (κ1) is 11.2. The highest BCUT2D eigenvalue weighted by atomic mass is 19.1. The summed E-state index contributed by atoms with van der Waals surface area (Å²) in [4.78, 5) is 0. The Morgan fingerprint density at radius 1 is 1.43 bits per heavy atom. The van der Waals surface area contributed by atoms with E-state index in [1.54, 1.807) is 12.1 Å². The molecule has 1 aromatic rings. The van der Waals surface area contributed by atoms with E-state index in [9.17, 15) is 4.39 Å². The van der Waals surface area contributed by atoms with Gasteiger partial charge in [0.2, 0.25) is 0 Å². The molecular formula is C12H17FO. The molecule has 0 bridgehead atoms. The molecule has 0 saturated carbocycles. The first-order valence-corrected chi connectivity index (χ1v) is 5.08. The molecule has 0 aliphatic carbocycles. The SMILES string of the molecule is CCCC(C)c1ccc(CO)cc1F. The second-order valence-corrected chi connectivity index (χ2v) is 3.70. The largest absolute Gasteiger partial charge is 0.392 e. The second-order valence-electron chi connectivity index (χ2n) is 3.70. The van der Waals surface area contributed by atoms with Crippen LogP contribution in [-0.4, -0.2) is 5.11 Å². The highest BCUT2D eigenvalue weighted by Gasteiger charge is 2.10. The lowest BCUT2D eigenvalue weighted by Gasteiger charge is -2.12. The Labute approximate surface area is 84.6 Å². The van der Waals surface area contributed by atoms with Crippen molar-refractivity contribution < 1.29 is 9.50 Å². The van der Waals surface area contributed by atoms with Crippen molar-refractivity contribution >= 4 is 0 Å². The monoisotopic (exact) mass is 196 g/mol. The average Bonchev–Trinajstić information content (AvgIpc) is 2.17. The quantitative estimate of drug-likeness (QED) is 0.784. The van der Waals surface area contributed by atoms with Gasteiger partial charge in [-0.05, 0) is 29.5 Å². The van der Waals surface area contributed by atoms with Gasteiger partial charge in [-0.2, -0.15) is 0 Å². The molecule has 0 radical (unpaired) electrons. The summed E-state index contributed by atoms with van der Waals surface area (Å²) in [6.07, 6.45) is 2.05. The highest BCUT2D eigenvalue weighted by molar-refractivity contribution is 5.26. The van der Waals surface area contributed by atoms with Crippen LogP contribution in [-0.2, 0) is 6.61 Å². The van der Waals surface area contributed by atoms with Crippen molar-refractivity contribution in [2.75, 3.05) is 0 Å². The molecule has 1 unspecified atom stereocenters. The number of hydrogen-bond donors (Lipinski definition) is 1. The number of aliphatic hydroxyl groups excluding tert-OH is 1. The van der Waals surface area contributed by atoms with E-state index in [4.69, 9.17) is 5.11 Å². The molecule has 0 amide bonds. The molecule has 78 valence electrons. The average molecular weight is 196 g/mol. The Hall–Kier alpha value is -0.890. The molecule has 0 heterocycles. The Bertz CT molecular complexity index is 296. The van der Waals surface area contributed by atoms with Crippen LogP contribution in [0.15, 0.2) is 18.2 Å². The molecule has 1 rings (SSSR count). The molecule has 0 saturated heterocycles. The van der Waals surface area contributed by atoms with Crippen LogP contribution >= 0.6 is 0 Å². The molecule has 0 aliphatic rings. The van der Waals surface area contributed by atoms with Crippen LogP contribution in [0.25, 0.3) is 0 Å². The van der Waals surface area contributed by atoms with Gasteiger partial charge in [0.15, 0.2) is 0 Å². The fraction of sp³-hybridized carbons (Fsp3) is 0.500. The number of halogens is 1. The first-order valence-electron chi connectivity index (χ1n) is 5.08. The number of rotatable bonds is 4. The minimum absolute atomic E-state index is 0.0979. The summed E-state index contributed by atoms with van der Waals surface area (Å²) in [6, 6.07) is 4.98. The van der Waals surface area contributed by atoms with Gasteiger partial charge in [-0.25, -0.2) is 4.39 Å². The van der Waals surface area contributed by atoms with Crippen LogP contribution in [0.3, 0.4) is 0 Å². The fourth-order valence-electron chi connectivity index (χ4n) is 1.66. The molecule has 2 heteroatoms. The summed E-state index contributed by atoms with van der Waals surface area (Å²) >= 11 is 0. The van der Waals surface area contributed by atoms with Crippen LogP contribution < -0.4 is 0 Å². The van der Waals surface area contributed by atoms with Gasteiger partial charge in [-0.1, -0.05) is 32.4 Å². The summed E-state index contributed by atoms with van der Waals surface area (Å²) < 4.78 is 13.5. The van der Waals surface area contributed by atoms with Crippen molar-refractivity contribution in [3.05, 3.63) is 35.1 Å². The van der Waals surface area contributed by atoms with E-state index < -0.39 is 0 Å². The van der Waals surface area contributed by atoms with E-state index in [1.165, 1.54) is 6.07 Å². The molecule has 0 fully saturated rings. The molecule has 14 heavy (non-hydrogen) atoms. The van der Waals surface area contributed by atoms with E-state index in [-0.39, 0.29) is 18.3 Å². The first-order chi connectivity index (χ1) is 6.69. The zero-order valence-corrected chi connectivity index (χ0v) is 8.76. The van der Waals surface area contributed by atoms with Gasteiger partial charge in [0.05, 0.1) is 6.61 Å². The molecule has 0 aromatic heterocycles. The molecule has 0 spiro atoms. The number of aliphatic hydroxyl groups is 1. The standard InChI is InChI=1S/C12H17FO/c1-3-4-9(2)11-6-5-10(8-14)7-12(11)13/h5-7,9,14H,3-4,8H2,1-2H3. The van der Waals surface area contributed by atoms with Crippen molar-refractivity contribution in [3.8, 4) is 0 Å². The molecule has 1 aromatic carbocycles. The Kier molecular flexibility index (Phi) is 4.08. The van der Waals surface area contributed by atoms with Gasteiger partial charge in [-0.3, -0.25) is 0 Å². The predicted molar refractivity (Wildman–Crippen MR) is 55.6 cm³/mol. The summed E-state index contributed by atoms with van der Waals surface area (Å²) in [5.41, 5.74) is 1.39. The Morgan fingerprint density at radius 2 is 2.14 bits per heavy atom. The summed E-state index contributed by atoms with van der Waals surface area (Å²) in [5, 5.41) is 8.83. The molecule has 0 aliphatic heterocycles. The summed E-state index contributed by atoms with van der Waals surface area (Å²) in [5.74, 6) is 0.0604. The lowest BCUT2D eigenvalue weighted by atomic mass is 9.95. The molecule has 1 N–H and O–H groups in total. The third kappa shape index (κ3) is 2.55. The van der Waals surface area contributed by atoms with Crippen molar-refractivity contribution in [1.29, 1.82) is 0 Å². The Morgan fingerprint density at radius 3 is 2.64 bits per heavy atom. The third-order valence-electron chi connectivity index (χ3n) is 2.50. The number of hydrogen-bond acceptors (Lipinski definition) is 1. The molecule has 1 nitrogen and oxygen atoms in total. The molecule has 1 atom stereocenters. The minimum atomic E-state index is -0.197. The van der Waals surface area contributed by atoms with E-state index in [1.807, 2.05) is 6.92 Å². The zero-order chi connectivity index (χ0) is 10.6. The van der Waals surface area contributed by atoms with E-state index in [2.05, 4.69) is 6.92 Å². The normalized spacial score (nSPS) is 12.9. The maximum Gasteiger partial charge on any atom is 0.127 e. The molecular weight excluding hydrogens is 179 g/mol. The van der Waals surface area contributed by atoms with E-state index in [0.29, 0.717) is 5.56 Å². The second kappa shape index (κ2) is 5.11. The van der Waals surface area contributed by atoms with Gasteiger partial charge < -0.3 is 5.11 Å². The summed E-state index contributed by atoms with van der Waals surface area (Å²) in [7, 11) is 0. The smallest absolute Gasteiger partial charge is 0.127 e. The van der Waals surface area contributed by atoms with Crippen LogP contribution in [0.2, 0.25) is 0 Å². The zero-order valence-electron chi connectivity index (χ0n) is 8.76. The summed E-state index contributed by atoms with van der Waals surface area (Å²) in [6.45, 7) is 4.02. The minimum Gasteiger partial charge on any atom is -0.392 e. The van der Waals surface area contributed by atoms with E-state index in [0.717, 1.165) is 18.4 Å². The van der Waals surface area contributed by atoms with Crippen LogP contribution in [0, 0.1) is 5.82 Å². The van der Waals surface area contributed by atoms with Crippen molar-refractivity contribution in [2.45, 2.75) is 39.2 Å². The lowest BCUT2D eigenvalue weighted by Crippen LogP contribution is -1.98. The maximum absolute atomic E-state index is 13.5. The fourth-order valence-corrected chi connectivity index (χ4v) is 1.66. The van der Waals surface area contributed by atoms with Gasteiger partial charge in [0.1, 0.15) is 5.82 Å². The van der Waals surface area contributed by atoms with Crippen molar-refractivity contribution in [3.63, 3.8) is 0 Å². The van der Waals surface area contributed by atoms with E-state index >= 15 is 0 Å².